The molecular weight excluding hydrogens is 295 g/mol. The molecule has 2 aromatic carbocycles. The monoisotopic (exact) mass is 308 g/mol. The molecule has 18 heavy (non-hydrogen) atoms. The summed E-state index contributed by atoms with van der Waals surface area (Å²) in [7, 11) is 0. The number of nitrogens with two attached hydrogens (primary N) is 1. The minimum Gasteiger partial charge on any atom is -0.271 e. The van der Waals surface area contributed by atoms with Crippen molar-refractivity contribution in [1.29, 1.82) is 0 Å². The Morgan fingerprint density at radius 1 is 1.17 bits per heavy atom. The summed E-state index contributed by atoms with van der Waals surface area (Å²) in [6, 6.07) is 14.5. The van der Waals surface area contributed by atoms with E-state index in [0.29, 0.717) is 6.42 Å². The Kier molecular flexibility index (Phi) is 4.47. The highest BCUT2D eigenvalue weighted by Crippen LogP contribution is 2.24. The van der Waals surface area contributed by atoms with Crippen LogP contribution in [0.1, 0.15) is 17.2 Å². The third-order valence-corrected chi connectivity index (χ3v) is 3.61. The molecule has 4 heteroatoms. The molecule has 0 bridgehead atoms. The maximum atomic E-state index is 13.2. The van der Waals surface area contributed by atoms with Crippen LogP contribution in [0.2, 0.25) is 0 Å². The predicted octanol–water partition coefficient (Wildman–Crippen LogP) is 3.34. The summed E-state index contributed by atoms with van der Waals surface area (Å²) in [4.78, 5) is 0. The molecule has 2 nitrogen and oxygen atoms in total. The van der Waals surface area contributed by atoms with Gasteiger partial charge >= 0.3 is 0 Å². The first-order chi connectivity index (χ1) is 8.70. The van der Waals surface area contributed by atoms with Crippen LogP contribution in [0.5, 0.6) is 0 Å². The molecule has 2 rings (SSSR count). The van der Waals surface area contributed by atoms with Crippen molar-refractivity contribution in [3.63, 3.8) is 0 Å². The molecule has 0 heterocycles. The molecule has 0 aliphatic heterocycles. The van der Waals surface area contributed by atoms with Crippen LogP contribution in [0.3, 0.4) is 0 Å². The van der Waals surface area contributed by atoms with E-state index in [2.05, 4.69) is 21.4 Å². The lowest BCUT2D eigenvalue weighted by molar-refractivity contribution is 0.547. The molecule has 0 saturated carbocycles. The van der Waals surface area contributed by atoms with E-state index in [1.54, 1.807) is 6.07 Å². The molecule has 3 N–H and O–H groups in total. The van der Waals surface area contributed by atoms with Gasteiger partial charge in [-0.05, 0) is 35.7 Å². The van der Waals surface area contributed by atoms with Gasteiger partial charge in [-0.25, -0.2) is 4.39 Å². The molecule has 0 amide bonds. The minimum absolute atomic E-state index is 0.0377. The molecule has 0 aromatic heterocycles. The first-order valence-corrected chi connectivity index (χ1v) is 6.45. The fourth-order valence-corrected chi connectivity index (χ4v) is 2.29. The topological polar surface area (TPSA) is 38.0 Å². The zero-order valence-corrected chi connectivity index (χ0v) is 11.3. The van der Waals surface area contributed by atoms with Crippen LogP contribution in [0.4, 0.5) is 4.39 Å². The van der Waals surface area contributed by atoms with Gasteiger partial charge in [0.25, 0.3) is 0 Å². The van der Waals surface area contributed by atoms with Gasteiger partial charge in [-0.1, -0.05) is 46.3 Å². The Morgan fingerprint density at radius 3 is 2.56 bits per heavy atom. The Bertz CT molecular complexity index is 516. The number of hydrogen-bond acceptors (Lipinski definition) is 2. The summed E-state index contributed by atoms with van der Waals surface area (Å²) in [5.74, 6) is 5.34. The van der Waals surface area contributed by atoms with E-state index in [1.165, 1.54) is 12.1 Å². The summed E-state index contributed by atoms with van der Waals surface area (Å²) in [5, 5.41) is 0. The normalized spacial score (nSPS) is 12.4. The lowest BCUT2D eigenvalue weighted by Crippen LogP contribution is -2.29. The minimum atomic E-state index is -0.239. The van der Waals surface area contributed by atoms with Crippen molar-refractivity contribution in [1.82, 2.24) is 5.43 Å². The van der Waals surface area contributed by atoms with E-state index in [9.17, 15) is 4.39 Å². The third kappa shape index (κ3) is 3.16. The molecule has 2 aromatic rings. The van der Waals surface area contributed by atoms with E-state index >= 15 is 0 Å². The zero-order valence-electron chi connectivity index (χ0n) is 9.74. The van der Waals surface area contributed by atoms with Crippen molar-refractivity contribution in [3.8, 4) is 0 Å². The van der Waals surface area contributed by atoms with Gasteiger partial charge in [0.2, 0.25) is 0 Å². The second-order valence-corrected chi connectivity index (χ2v) is 4.92. The van der Waals surface area contributed by atoms with E-state index in [1.807, 2.05) is 30.3 Å². The standard InChI is InChI=1S/C14H14BrFN2/c15-13-7-6-12(16)8-11(13)9-14(18-17)10-4-2-1-3-5-10/h1-8,14,18H,9,17H2. The highest BCUT2D eigenvalue weighted by atomic mass is 79.9. The fraction of sp³-hybridized carbons (Fsp3) is 0.143. The second kappa shape index (κ2) is 6.09. The largest absolute Gasteiger partial charge is 0.271 e. The van der Waals surface area contributed by atoms with Crippen molar-refractivity contribution >= 4 is 15.9 Å². The Labute approximate surface area is 114 Å². The maximum absolute atomic E-state index is 13.2. The molecular formula is C14H14BrFN2. The molecule has 94 valence electrons. The number of benzene rings is 2. The highest BCUT2D eigenvalue weighted by molar-refractivity contribution is 9.10. The van der Waals surface area contributed by atoms with E-state index < -0.39 is 0 Å². The molecule has 0 radical (unpaired) electrons. The van der Waals surface area contributed by atoms with Crippen molar-refractivity contribution in [2.45, 2.75) is 12.5 Å². The molecule has 0 aliphatic carbocycles. The molecule has 1 unspecified atom stereocenters. The van der Waals surface area contributed by atoms with E-state index in [4.69, 9.17) is 5.84 Å². The van der Waals surface area contributed by atoms with Gasteiger partial charge in [0, 0.05) is 4.47 Å². The predicted molar refractivity (Wildman–Crippen MR) is 74.3 cm³/mol. The van der Waals surface area contributed by atoms with Gasteiger partial charge < -0.3 is 0 Å². The zero-order chi connectivity index (χ0) is 13.0. The number of rotatable bonds is 4. The first kappa shape index (κ1) is 13.2. The van der Waals surface area contributed by atoms with Gasteiger partial charge in [-0.3, -0.25) is 11.3 Å². The summed E-state index contributed by atoms with van der Waals surface area (Å²) in [5.41, 5.74) is 4.74. The first-order valence-electron chi connectivity index (χ1n) is 5.65. The quantitative estimate of drug-likeness (QED) is 0.671. The lowest BCUT2D eigenvalue weighted by Gasteiger charge is -2.17. The maximum Gasteiger partial charge on any atom is 0.123 e. The molecule has 0 spiro atoms. The van der Waals surface area contributed by atoms with Crippen LogP contribution in [-0.4, -0.2) is 0 Å². The van der Waals surface area contributed by atoms with Crippen LogP contribution in [0.15, 0.2) is 53.0 Å². The van der Waals surface area contributed by atoms with Gasteiger partial charge in [-0.2, -0.15) is 0 Å². The van der Waals surface area contributed by atoms with Crippen LogP contribution in [0, 0.1) is 5.82 Å². The molecule has 1 atom stereocenters. The van der Waals surface area contributed by atoms with Crippen molar-refractivity contribution < 1.29 is 4.39 Å². The third-order valence-electron chi connectivity index (χ3n) is 2.83. The fourth-order valence-electron chi connectivity index (χ4n) is 1.88. The smallest absolute Gasteiger partial charge is 0.123 e. The Morgan fingerprint density at radius 2 is 1.89 bits per heavy atom. The highest BCUT2D eigenvalue weighted by Gasteiger charge is 2.12. The average Bonchev–Trinajstić information content (AvgIpc) is 2.41. The molecule has 0 fully saturated rings. The second-order valence-electron chi connectivity index (χ2n) is 4.07. The van der Waals surface area contributed by atoms with Crippen molar-refractivity contribution in [2.75, 3.05) is 0 Å². The summed E-state index contributed by atoms with van der Waals surface area (Å²) in [6.45, 7) is 0. The van der Waals surface area contributed by atoms with Gasteiger partial charge in [-0.15, -0.1) is 0 Å². The van der Waals surface area contributed by atoms with Crippen LogP contribution in [0.25, 0.3) is 0 Å². The van der Waals surface area contributed by atoms with Crippen LogP contribution < -0.4 is 11.3 Å². The summed E-state index contributed by atoms with van der Waals surface area (Å²) >= 11 is 3.43. The number of nitrogens with one attached hydrogen (secondary N) is 1. The van der Waals surface area contributed by atoms with Crippen molar-refractivity contribution in [3.05, 3.63) is 69.9 Å². The Balaban J connectivity index is 2.23. The summed E-state index contributed by atoms with van der Waals surface area (Å²) in [6.07, 6.45) is 0.624. The Hall–Kier alpha value is -1.23. The number of hydrazine groups is 1. The van der Waals surface area contributed by atoms with Crippen molar-refractivity contribution in [2.24, 2.45) is 5.84 Å². The average molecular weight is 309 g/mol. The SMILES string of the molecule is NNC(Cc1cc(F)ccc1Br)c1ccccc1. The van der Waals surface area contributed by atoms with Gasteiger partial charge in [0.05, 0.1) is 6.04 Å². The number of halogens is 2. The van der Waals surface area contributed by atoms with Crippen LogP contribution >= 0.6 is 15.9 Å². The van der Waals surface area contributed by atoms with Crippen LogP contribution in [-0.2, 0) is 6.42 Å². The van der Waals surface area contributed by atoms with E-state index in [0.717, 1.165) is 15.6 Å². The molecule has 0 saturated heterocycles. The van der Waals surface area contributed by atoms with E-state index in [-0.39, 0.29) is 11.9 Å². The van der Waals surface area contributed by atoms with Gasteiger partial charge in [0.1, 0.15) is 5.82 Å². The summed E-state index contributed by atoms with van der Waals surface area (Å²) < 4.78 is 14.1. The number of hydrogen-bond donors (Lipinski definition) is 2. The molecule has 0 aliphatic rings. The lowest BCUT2D eigenvalue weighted by atomic mass is 9.99. The van der Waals surface area contributed by atoms with Gasteiger partial charge in [0.15, 0.2) is 0 Å².